The summed E-state index contributed by atoms with van der Waals surface area (Å²) in [7, 11) is 1.70. The molecule has 0 unspecified atom stereocenters. The summed E-state index contributed by atoms with van der Waals surface area (Å²) in [6, 6.07) is 6.06. The molecule has 1 aliphatic carbocycles. The van der Waals surface area contributed by atoms with Crippen LogP contribution in [-0.2, 0) is 9.47 Å². The number of primary amides is 1. The molecule has 2 aromatic rings. The lowest BCUT2D eigenvalue weighted by molar-refractivity contribution is 0.0271. The predicted octanol–water partition coefficient (Wildman–Crippen LogP) is 2.62. The largest absolute Gasteiger partial charge is 0.489 e. The van der Waals surface area contributed by atoms with E-state index in [1.807, 2.05) is 18.2 Å². The van der Waals surface area contributed by atoms with Crippen molar-refractivity contribution in [3.8, 4) is 5.75 Å². The highest BCUT2D eigenvalue weighted by molar-refractivity contribution is 7.59. The van der Waals surface area contributed by atoms with Crippen LogP contribution >= 0.6 is 13.5 Å². The summed E-state index contributed by atoms with van der Waals surface area (Å²) >= 11 is 0. The van der Waals surface area contributed by atoms with Gasteiger partial charge in [-0.05, 0) is 43.9 Å². The molecule has 1 atom stereocenters. The van der Waals surface area contributed by atoms with Crippen molar-refractivity contribution in [2.45, 2.75) is 37.8 Å². The van der Waals surface area contributed by atoms with Gasteiger partial charge >= 0.3 is 0 Å². The molecule has 1 amide bonds. The number of amides is 1. The number of nitrogens with zero attached hydrogens (tertiary/aromatic N) is 2. The highest BCUT2D eigenvalue weighted by Gasteiger charge is 2.24. The molecule has 1 saturated carbocycles. The smallest absolute Gasteiger partial charge is 0.254 e. The number of hydrogen-bond donors (Lipinski definition) is 4. The molecule has 1 fully saturated rings. The Labute approximate surface area is 200 Å². The number of carbonyl (C=O) groups is 1. The van der Waals surface area contributed by atoms with Crippen LogP contribution in [0.3, 0.4) is 0 Å². The van der Waals surface area contributed by atoms with Crippen molar-refractivity contribution in [2.24, 2.45) is 5.73 Å². The lowest BCUT2D eigenvalue weighted by Gasteiger charge is -2.15. The Morgan fingerprint density at radius 1 is 1.30 bits per heavy atom. The lowest BCUT2D eigenvalue weighted by Crippen LogP contribution is -2.27. The van der Waals surface area contributed by atoms with Gasteiger partial charge in [-0.25, -0.2) is 4.98 Å². The first-order valence-corrected chi connectivity index (χ1v) is 10.9. The number of methoxy groups -OCH3 is 1. The molecule has 1 aliphatic heterocycles. The van der Waals surface area contributed by atoms with Crippen molar-refractivity contribution in [2.75, 3.05) is 49.4 Å². The van der Waals surface area contributed by atoms with E-state index in [1.165, 1.54) is 6.20 Å². The highest BCUT2D eigenvalue weighted by atomic mass is 32.1. The van der Waals surface area contributed by atoms with E-state index in [2.05, 4.69) is 25.9 Å². The number of nitrogens with two attached hydrogens (primary N) is 1. The minimum atomic E-state index is -0.554. The molecule has 5 N–H and O–H groups in total. The van der Waals surface area contributed by atoms with Gasteiger partial charge in [0.25, 0.3) is 5.91 Å². The summed E-state index contributed by atoms with van der Waals surface area (Å²) in [4.78, 5) is 20.4. The molecule has 11 heteroatoms. The maximum Gasteiger partial charge on any atom is 0.254 e. The third kappa shape index (κ3) is 7.11. The molecule has 4 rings (SSSR count). The van der Waals surface area contributed by atoms with Crippen LogP contribution in [0.25, 0.3) is 0 Å². The zero-order valence-electron chi connectivity index (χ0n) is 18.7. The Hall–Kier alpha value is -2.76. The third-order valence-corrected chi connectivity index (χ3v) is 5.25. The van der Waals surface area contributed by atoms with Gasteiger partial charge < -0.3 is 35.9 Å². The number of unbranched alkanes of at least 4 members (excludes halogenated alkanes) is 1. The maximum absolute atomic E-state index is 11.7. The van der Waals surface area contributed by atoms with Gasteiger partial charge in [0.2, 0.25) is 5.95 Å². The Balaban J connectivity index is 0.00000306. The normalized spacial score (nSPS) is 16.9. The fraction of sp³-hybridized carbons (Fsp3) is 0.500. The van der Waals surface area contributed by atoms with Crippen molar-refractivity contribution >= 4 is 42.5 Å². The molecule has 0 saturated heterocycles. The number of benzene rings is 1. The standard InChI is InChI=1S/C22H30N6O4.H2S/c1-30-8-2-3-9-31-16-11-24-18-10-15(6-7-19(18)32-13-16)27-22-25-12-17(20(23)29)21(28-22)26-14-4-5-14;/h6-7,10,12,14,16,24H,2-5,8-9,11,13H2,1H3,(H2,23,29)(H2,25,26,27,28);1H2/t16-;/m0./s1. The molecule has 1 aromatic heterocycles. The van der Waals surface area contributed by atoms with Crippen LogP contribution in [0.4, 0.5) is 23.1 Å². The van der Waals surface area contributed by atoms with Crippen LogP contribution in [0.1, 0.15) is 36.0 Å². The molecular weight excluding hydrogens is 444 g/mol. The molecule has 2 aliphatic rings. The number of hydrogen-bond acceptors (Lipinski definition) is 9. The SMILES string of the molecule is COCCCCO[C@H]1CNc2cc(Nc3ncc(C(N)=O)c(NC4CC4)n3)ccc2OC1.S. The van der Waals surface area contributed by atoms with E-state index in [1.54, 1.807) is 7.11 Å². The number of carbonyl (C=O) groups excluding carboxylic acids is 1. The Kier molecular flexibility index (Phi) is 8.98. The van der Waals surface area contributed by atoms with Gasteiger partial charge in [0.05, 0.1) is 11.3 Å². The fourth-order valence-electron chi connectivity index (χ4n) is 3.33. The van der Waals surface area contributed by atoms with Crippen molar-refractivity contribution < 1.29 is 19.0 Å². The maximum atomic E-state index is 11.7. The second kappa shape index (κ2) is 11.9. The van der Waals surface area contributed by atoms with E-state index >= 15 is 0 Å². The number of rotatable bonds is 11. The van der Waals surface area contributed by atoms with Crippen LogP contribution < -0.4 is 26.4 Å². The number of anilines is 4. The predicted molar refractivity (Wildman–Crippen MR) is 132 cm³/mol. The van der Waals surface area contributed by atoms with Gasteiger partial charge in [0.1, 0.15) is 24.3 Å². The van der Waals surface area contributed by atoms with Crippen LogP contribution in [-0.4, -0.2) is 61.5 Å². The molecule has 10 nitrogen and oxygen atoms in total. The van der Waals surface area contributed by atoms with E-state index in [-0.39, 0.29) is 25.2 Å². The number of nitrogens with one attached hydrogen (secondary N) is 3. The molecule has 0 radical (unpaired) electrons. The number of fused-ring (bicyclic) bond motifs is 1. The Bertz CT molecular complexity index is 943. The summed E-state index contributed by atoms with van der Waals surface area (Å²) < 4.78 is 16.9. The molecule has 180 valence electrons. The van der Waals surface area contributed by atoms with E-state index in [4.69, 9.17) is 19.9 Å². The van der Waals surface area contributed by atoms with Crippen molar-refractivity contribution in [1.29, 1.82) is 0 Å². The summed E-state index contributed by atoms with van der Waals surface area (Å²) in [5.74, 6) is 1.05. The summed E-state index contributed by atoms with van der Waals surface area (Å²) in [6.45, 7) is 2.57. The lowest BCUT2D eigenvalue weighted by atomic mass is 10.2. The second-order valence-corrected chi connectivity index (χ2v) is 7.96. The van der Waals surface area contributed by atoms with Crippen molar-refractivity contribution in [3.05, 3.63) is 30.0 Å². The first kappa shape index (κ1) is 24.9. The average Bonchev–Trinajstić information content (AvgIpc) is 3.61. The minimum absolute atomic E-state index is 0. The topological polar surface area (TPSA) is 133 Å². The van der Waals surface area contributed by atoms with E-state index < -0.39 is 5.91 Å². The van der Waals surface area contributed by atoms with E-state index in [9.17, 15) is 4.79 Å². The van der Waals surface area contributed by atoms with Crippen LogP contribution in [0.5, 0.6) is 5.75 Å². The van der Waals surface area contributed by atoms with Gasteiger partial charge in [-0.2, -0.15) is 18.5 Å². The second-order valence-electron chi connectivity index (χ2n) is 7.96. The first-order valence-electron chi connectivity index (χ1n) is 10.9. The Morgan fingerprint density at radius 3 is 2.88 bits per heavy atom. The minimum Gasteiger partial charge on any atom is -0.489 e. The van der Waals surface area contributed by atoms with E-state index in [0.29, 0.717) is 37.6 Å². The Morgan fingerprint density at radius 2 is 2.12 bits per heavy atom. The third-order valence-electron chi connectivity index (χ3n) is 5.25. The molecule has 0 bridgehead atoms. The first-order chi connectivity index (χ1) is 15.6. The molecule has 0 spiro atoms. The number of aromatic nitrogens is 2. The van der Waals surface area contributed by atoms with Gasteiger partial charge in [-0.3, -0.25) is 4.79 Å². The zero-order chi connectivity index (χ0) is 22.3. The molecule has 1 aromatic carbocycles. The van der Waals surface area contributed by atoms with E-state index in [0.717, 1.165) is 49.4 Å². The highest BCUT2D eigenvalue weighted by Crippen LogP contribution is 2.31. The average molecular weight is 477 g/mol. The van der Waals surface area contributed by atoms with Crippen LogP contribution in [0, 0.1) is 0 Å². The van der Waals surface area contributed by atoms with Crippen molar-refractivity contribution in [1.82, 2.24) is 9.97 Å². The number of ether oxygens (including phenoxy) is 3. The summed E-state index contributed by atoms with van der Waals surface area (Å²) in [5.41, 5.74) is 7.40. The summed E-state index contributed by atoms with van der Waals surface area (Å²) in [6.07, 6.45) is 5.47. The van der Waals surface area contributed by atoms with Gasteiger partial charge in [0, 0.05) is 44.8 Å². The van der Waals surface area contributed by atoms with Gasteiger partial charge in [0.15, 0.2) is 0 Å². The van der Waals surface area contributed by atoms with Gasteiger partial charge in [-0.1, -0.05) is 0 Å². The molecule has 2 heterocycles. The quantitative estimate of drug-likeness (QED) is 0.361. The van der Waals surface area contributed by atoms with Gasteiger partial charge in [-0.15, -0.1) is 0 Å². The van der Waals surface area contributed by atoms with Crippen molar-refractivity contribution in [3.63, 3.8) is 0 Å². The van der Waals surface area contributed by atoms with Crippen LogP contribution in [0.2, 0.25) is 0 Å². The van der Waals surface area contributed by atoms with Crippen LogP contribution in [0.15, 0.2) is 24.4 Å². The monoisotopic (exact) mass is 476 g/mol. The molecule has 33 heavy (non-hydrogen) atoms. The summed E-state index contributed by atoms with van der Waals surface area (Å²) in [5, 5.41) is 9.82. The zero-order valence-corrected chi connectivity index (χ0v) is 19.7. The molecular formula is C22H32N6O4S. The fourth-order valence-corrected chi connectivity index (χ4v) is 3.33.